The molecule has 4 nitrogen and oxygen atoms in total. The molecule has 0 spiro atoms. The molecule has 0 aromatic carbocycles. The molecule has 2 N–H and O–H groups in total. The zero-order valence-corrected chi connectivity index (χ0v) is 10.8. The minimum Gasteiger partial charge on any atom is -0.394 e. The van der Waals surface area contributed by atoms with Crippen LogP contribution in [-0.2, 0) is 13.0 Å². The first-order chi connectivity index (χ1) is 8.25. The van der Waals surface area contributed by atoms with Crippen LogP contribution in [0, 0.1) is 5.92 Å². The van der Waals surface area contributed by atoms with Crippen LogP contribution in [0.15, 0.2) is 12.4 Å². The summed E-state index contributed by atoms with van der Waals surface area (Å²) in [5, 5.41) is 13.0. The van der Waals surface area contributed by atoms with E-state index in [1.54, 1.807) is 0 Å². The Morgan fingerprint density at radius 2 is 2.35 bits per heavy atom. The minimum atomic E-state index is -0.164. The molecule has 1 saturated carbocycles. The van der Waals surface area contributed by atoms with Crippen molar-refractivity contribution in [2.45, 2.75) is 44.7 Å². The molecule has 0 bridgehead atoms. The number of rotatable bonds is 7. The van der Waals surface area contributed by atoms with Crippen LogP contribution in [0.5, 0.6) is 0 Å². The fourth-order valence-electron chi connectivity index (χ4n) is 2.55. The zero-order chi connectivity index (χ0) is 12.3. The first-order valence-electron chi connectivity index (χ1n) is 6.55. The summed E-state index contributed by atoms with van der Waals surface area (Å²) in [5.41, 5.74) is -0.164. The van der Waals surface area contributed by atoms with E-state index < -0.39 is 0 Å². The summed E-state index contributed by atoms with van der Waals surface area (Å²) in [4.78, 5) is 4.39. The third-order valence-electron chi connectivity index (χ3n) is 3.87. The molecule has 0 aliphatic heterocycles. The molecule has 1 unspecified atom stereocenters. The van der Waals surface area contributed by atoms with Crippen LogP contribution in [0.25, 0.3) is 0 Å². The molecule has 1 heterocycles. The van der Waals surface area contributed by atoms with Crippen molar-refractivity contribution in [1.82, 2.24) is 14.9 Å². The maximum absolute atomic E-state index is 9.71. The second-order valence-electron chi connectivity index (χ2n) is 5.06. The molecule has 2 rings (SSSR count). The molecule has 0 amide bonds. The number of aliphatic hydroxyl groups excluding tert-OH is 1. The van der Waals surface area contributed by atoms with E-state index in [0.29, 0.717) is 5.92 Å². The van der Waals surface area contributed by atoms with Gasteiger partial charge in [0.2, 0.25) is 0 Å². The van der Waals surface area contributed by atoms with Crippen molar-refractivity contribution < 1.29 is 5.11 Å². The molecule has 1 aliphatic rings. The van der Waals surface area contributed by atoms with Gasteiger partial charge in [0, 0.05) is 25.4 Å². The molecule has 1 fully saturated rings. The predicted molar refractivity (Wildman–Crippen MR) is 67.8 cm³/mol. The number of nitrogens with zero attached hydrogens (tertiary/aromatic N) is 2. The number of imidazole rings is 1. The number of likely N-dealkylation sites (N-methyl/N-ethyl adjacent to an activating group) is 1. The summed E-state index contributed by atoms with van der Waals surface area (Å²) < 4.78 is 2.19. The lowest BCUT2D eigenvalue weighted by Crippen LogP contribution is -2.52. The molecule has 96 valence electrons. The van der Waals surface area contributed by atoms with E-state index in [9.17, 15) is 5.11 Å². The summed E-state index contributed by atoms with van der Waals surface area (Å²) in [6.45, 7) is 3.18. The van der Waals surface area contributed by atoms with Gasteiger partial charge in [0.25, 0.3) is 0 Å². The molecule has 4 heteroatoms. The van der Waals surface area contributed by atoms with Crippen LogP contribution >= 0.6 is 0 Å². The number of aromatic nitrogens is 2. The first kappa shape index (κ1) is 12.6. The Labute approximate surface area is 103 Å². The van der Waals surface area contributed by atoms with Crippen molar-refractivity contribution in [3.8, 4) is 0 Å². The van der Waals surface area contributed by atoms with Crippen LogP contribution < -0.4 is 5.32 Å². The van der Waals surface area contributed by atoms with Crippen molar-refractivity contribution in [3.63, 3.8) is 0 Å². The number of hydrogen-bond acceptors (Lipinski definition) is 3. The number of hydrogen-bond donors (Lipinski definition) is 2. The summed E-state index contributed by atoms with van der Waals surface area (Å²) in [6, 6.07) is 0. The molecule has 1 aliphatic carbocycles. The van der Waals surface area contributed by atoms with E-state index in [1.165, 1.54) is 12.8 Å². The molecule has 1 atom stereocenters. The smallest absolute Gasteiger partial charge is 0.108 e. The summed E-state index contributed by atoms with van der Waals surface area (Å²) in [5.74, 6) is 1.73. The average molecular weight is 237 g/mol. The summed E-state index contributed by atoms with van der Waals surface area (Å²) >= 11 is 0. The van der Waals surface area contributed by atoms with Gasteiger partial charge in [0.15, 0.2) is 0 Å². The Hall–Kier alpha value is -0.870. The Morgan fingerprint density at radius 3 is 2.88 bits per heavy atom. The van der Waals surface area contributed by atoms with Crippen LogP contribution in [-0.4, -0.2) is 33.9 Å². The number of aryl methyl sites for hydroxylation is 1. The maximum Gasteiger partial charge on any atom is 0.108 e. The topological polar surface area (TPSA) is 50.1 Å². The van der Waals surface area contributed by atoms with Crippen molar-refractivity contribution in [1.29, 1.82) is 0 Å². The molecule has 17 heavy (non-hydrogen) atoms. The van der Waals surface area contributed by atoms with Gasteiger partial charge in [-0.3, -0.25) is 0 Å². The number of nitrogens with one attached hydrogen (secondary N) is 1. The van der Waals surface area contributed by atoms with Gasteiger partial charge in [-0.2, -0.15) is 0 Å². The van der Waals surface area contributed by atoms with Crippen LogP contribution in [0.2, 0.25) is 0 Å². The quantitative estimate of drug-likeness (QED) is 0.749. The highest BCUT2D eigenvalue weighted by Gasteiger charge is 2.44. The fourth-order valence-corrected chi connectivity index (χ4v) is 2.55. The molecule has 0 saturated heterocycles. The maximum atomic E-state index is 9.71. The van der Waals surface area contributed by atoms with Gasteiger partial charge in [-0.05, 0) is 32.2 Å². The first-order valence-corrected chi connectivity index (χ1v) is 6.55. The lowest BCUT2D eigenvalue weighted by molar-refractivity contribution is 0.129. The largest absolute Gasteiger partial charge is 0.394 e. The summed E-state index contributed by atoms with van der Waals surface area (Å²) in [6.07, 6.45) is 8.43. The van der Waals surface area contributed by atoms with Crippen molar-refractivity contribution in [2.75, 3.05) is 13.7 Å². The van der Waals surface area contributed by atoms with Crippen LogP contribution in [0.4, 0.5) is 0 Å². The Bertz CT molecular complexity index is 353. The highest BCUT2D eigenvalue weighted by Crippen LogP contribution is 2.40. The van der Waals surface area contributed by atoms with Crippen molar-refractivity contribution in [2.24, 2.45) is 5.92 Å². The van der Waals surface area contributed by atoms with E-state index >= 15 is 0 Å². The Balaban J connectivity index is 2.13. The molecule has 1 aromatic heterocycles. The van der Waals surface area contributed by atoms with E-state index in [0.717, 1.165) is 25.2 Å². The fraction of sp³-hybridized carbons (Fsp3) is 0.769. The highest BCUT2D eigenvalue weighted by atomic mass is 16.3. The van der Waals surface area contributed by atoms with Gasteiger partial charge in [-0.1, -0.05) is 6.92 Å². The Morgan fingerprint density at radius 1 is 1.59 bits per heavy atom. The van der Waals surface area contributed by atoms with Crippen LogP contribution in [0.1, 0.15) is 32.0 Å². The third-order valence-corrected chi connectivity index (χ3v) is 3.87. The standard InChI is InChI=1S/C13H23N3O/c1-3-4-12-15-7-8-16(12)9-13(10-17,14-2)11-5-6-11/h7-8,11,14,17H,3-6,9-10H2,1-2H3. The molecule has 1 aromatic rings. The summed E-state index contributed by atoms with van der Waals surface area (Å²) in [7, 11) is 1.95. The predicted octanol–water partition coefficient (Wildman–Crippen LogP) is 1.20. The molecular weight excluding hydrogens is 214 g/mol. The van der Waals surface area contributed by atoms with Crippen molar-refractivity contribution >= 4 is 0 Å². The monoisotopic (exact) mass is 237 g/mol. The van der Waals surface area contributed by atoms with E-state index in [1.807, 2.05) is 19.4 Å². The second-order valence-corrected chi connectivity index (χ2v) is 5.06. The number of aliphatic hydroxyl groups is 1. The van der Waals surface area contributed by atoms with Gasteiger partial charge in [0.05, 0.1) is 12.1 Å². The SMILES string of the molecule is CCCc1nccn1CC(CO)(NC)C1CC1. The van der Waals surface area contributed by atoms with Gasteiger partial charge in [-0.15, -0.1) is 0 Å². The zero-order valence-electron chi connectivity index (χ0n) is 10.8. The lowest BCUT2D eigenvalue weighted by Gasteiger charge is -2.32. The minimum absolute atomic E-state index is 0.164. The lowest BCUT2D eigenvalue weighted by atomic mass is 9.94. The van der Waals surface area contributed by atoms with E-state index in [-0.39, 0.29) is 12.1 Å². The highest BCUT2D eigenvalue weighted by molar-refractivity contribution is 5.03. The average Bonchev–Trinajstić information content (AvgIpc) is 3.11. The van der Waals surface area contributed by atoms with Gasteiger partial charge in [-0.25, -0.2) is 4.98 Å². The van der Waals surface area contributed by atoms with Crippen molar-refractivity contribution in [3.05, 3.63) is 18.2 Å². The van der Waals surface area contributed by atoms with E-state index in [2.05, 4.69) is 21.8 Å². The molecular formula is C13H23N3O. The van der Waals surface area contributed by atoms with E-state index in [4.69, 9.17) is 0 Å². The normalized spacial score (nSPS) is 19.2. The third kappa shape index (κ3) is 2.53. The van der Waals surface area contributed by atoms with Gasteiger partial charge < -0.3 is 15.0 Å². The van der Waals surface area contributed by atoms with Crippen LogP contribution in [0.3, 0.4) is 0 Å². The Kier molecular flexibility index (Phi) is 3.84. The molecule has 0 radical (unpaired) electrons. The second kappa shape index (κ2) is 5.19. The van der Waals surface area contributed by atoms with Gasteiger partial charge >= 0.3 is 0 Å². The van der Waals surface area contributed by atoms with Gasteiger partial charge in [0.1, 0.15) is 5.82 Å².